The molecule has 0 radical (unpaired) electrons. The minimum absolute atomic E-state index is 0.0637. The van der Waals surface area contributed by atoms with Gasteiger partial charge in [0.25, 0.3) is 0 Å². The van der Waals surface area contributed by atoms with Crippen LogP contribution in [0.5, 0.6) is 11.5 Å². The Labute approximate surface area is 169 Å². The smallest absolute Gasteiger partial charge is 0.248 e. The van der Waals surface area contributed by atoms with Gasteiger partial charge in [-0.2, -0.15) is 5.10 Å². The van der Waals surface area contributed by atoms with Crippen LogP contribution in [-0.4, -0.2) is 41.9 Å². The summed E-state index contributed by atoms with van der Waals surface area (Å²) in [5.74, 6) is 0.853. The van der Waals surface area contributed by atoms with Gasteiger partial charge in [-0.1, -0.05) is 18.9 Å². The first-order valence-electron chi connectivity index (χ1n) is 9.60. The molecule has 1 saturated carbocycles. The second-order valence-corrected chi connectivity index (χ2v) is 6.91. The Morgan fingerprint density at radius 2 is 1.97 bits per heavy atom. The molecule has 2 aromatic rings. The summed E-state index contributed by atoms with van der Waals surface area (Å²) in [6, 6.07) is 5.66. The molecule has 1 fully saturated rings. The highest BCUT2D eigenvalue weighted by molar-refractivity contribution is 6.01. The highest BCUT2D eigenvalue weighted by Crippen LogP contribution is 2.28. The summed E-state index contributed by atoms with van der Waals surface area (Å²) in [4.78, 5) is 24.2. The average molecular weight is 398 g/mol. The van der Waals surface area contributed by atoms with E-state index in [-0.39, 0.29) is 24.4 Å². The number of aromatic nitrogens is 2. The Morgan fingerprint density at radius 1 is 1.21 bits per heavy atom. The zero-order valence-corrected chi connectivity index (χ0v) is 16.7. The van der Waals surface area contributed by atoms with Gasteiger partial charge >= 0.3 is 0 Å². The minimum Gasteiger partial charge on any atom is -0.493 e. The number of nitrogens with zero attached hydrogens (tertiary/aromatic N) is 2. The van der Waals surface area contributed by atoms with Gasteiger partial charge in [-0.05, 0) is 36.6 Å². The lowest BCUT2D eigenvalue weighted by molar-refractivity contribution is -0.122. The average Bonchev–Trinajstić information content (AvgIpc) is 3.38. The maximum Gasteiger partial charge on any atom is 0.248 e. The topological polar surface area (TPSA) is 94.5 Å². The molecule has 0 atom stereocenters. The van der Waals surface area contributed by atoms with Crippen LogP contribution >= 0.6 is 0 Å². The van der Waals surface area contributed by atoms with E-state index in [0.29, 0.717) is 17.2 Å². The van der Waals surface area contributed by atoms with Crippen molar-refractivity contribution in [3.8, 4) is 11.5 Å². The monoisotopic (exact) mass is 398 g/mol. The largest absolute Gasteiger partial charge is 0.493 e. The van der Waals surface area contributed by atoms with Gasteiger partial charge in [-0.15, -0.1) is 0 Å². The lowest BCUT2D eigenvalue weighted by atomic mass is 10.2. The highest BCUT2D eigenvalue weighted by atomic mass is 16.5. The van der Waals surface area contributed by atoms with E-state index in [0.717, 1.165) is 18.4 Å². The molecule has 0 spiro atoms. The van der Waals surface area contributed by atoms with Gasteiger partial charge in [-0.3, -0.25) is 14.3 Å². The van der Waals surface area contributed by atoms with E-state index in [1.807, 2.05) is 6.07 Å². The number of rotatable bonds is 8. The lowest BCUT2D eigenvalue weighted by Gasteiger charge is -2.11. The molecule has 0 bridgehead atoms. The number of nitrogens with one attached hydrogen (secondary N) is 2. The van der Waals surface area contributed by atoms with Gasteiger partial charge in [0.1, 0.15) is 6.54 Å². The van der Waals surface area contributed by atoms with E-state index in [2.05, 4.69) is 15.7 Å². The first-order chi connectivity index (χ1) is 14.1. The van der Waals surface area contributed by atoms with Crippen molar-refractivity contribution in [2.45, 2.75) is 38.3 Å². The minimum atomic E-state index is -0.297. The van der Waals surface area contributed by atoms with Gasteiger partial charge in [-0.25, -0.2) is 0 Å². The van der Waals surface area contributed by atoms with Crippen molar-refractivity contribution in [2.24, 2.45) is 0 Å². The summed E-state index contributed by atoms with van der Waals surface area (Å²) >= 11 is 0. The fourth-order valence-corrected chi connectivity index (χ4v) is 3.32. The van der Waals surface area contributed by atoms with Crippen LogP contribution in [0.4, 0.5) is 5.69 Å². The SMILES string of the molecule is COc1ccc(/C=C/C(=O)Nc2cnn(CC(=O)NC3CCCC3)c2)cc1OC. The van der Waals surface area contributed by atoms with Crippen molar-refractivity contribution in [3.05, 3.63) is 42.2 Å². The molecule has 29 heavy (non-hydrogen) atoms. The maximum absolute atomic E-state index is 12.2. The standard InChI is InChI=1S/C21H26N4O4/c1-28-18-9-7-15(11-19(18)29-2)8-10-20(26)24-17-12-22-25(13-17)14-21(27)23-16-5-3-4-6-16/h7-13,16H,3-6,14H2,1-2H3,(H,23,27)(H,24,26)/b10-8+. The van der Waals surface area contributed by atoms with Crippen LogP contribution in [0.3, 0.4) is 0 Å². The van der Waals surface area contributed by atoms with Crippen LogP contribution in [-0.2, 0) is 16.1 Å². The molecule has 1 aliphatic carbocycles. The Morgan fingerprint density at radius 3 is 2.69 bits per heavy atom. The summed E-state index contributed by atoms with van der Waals surface area (Å²) in [6.07, 6.45) is 10.7. The van der Waals surface area contributed by atoms with E-state index >= 15 is 0 Å². The number of carbonyl (C=O) groups is 2. The number of carbonyl (C=O) groups excluding carboxylic acids is 2. The Hall–Kier alpha value is -3.29. The molecule has 0 aliphatic heterocycles. The number of ether oxygens (including phenoxy) is 2. The molecular weight excluding hydrogens is 372 g/mol. The van der Waals surface area contributed by atoms with Crippen molar-refractivity contribution in [1.82, 2.24) is 15.1 Å². The van der Waals surface area contributed by atoms with E-state index in [9.17, 15) is 9.59 Å². The number of benzene rings is 1. The van der Waals surface area contributed by atoms with Gasteiger partial charge < -0.3 is 20.1 Å². The molecule has 0 saturated heterocycles. The van der Waals surface area contributed by atoms with Crippen molar-refractivity contribution < 1.29 is 19.1 Å². The molecule has 1 heterocycles. The van der Waals surface area contributed by atoms with Crippen molar-refractivity contribution in [3.63, 3.8) is 0 Å². The van der Waals surface area contributed by atoms with E-state index in [1.54, 1.807) is 38.6 Å². The number of hydrogen-bond acceptors (Lipinski definition) is 5. The van der Waals surface area contributed by atoms with E-state index < -0.39 is 0 Å². The van der Waals surface area contributed by atoms with Gasteiger partial charge in [0, 0.05) is 18.3 Å². The second-order valence-electron chi connectivity index (χ2n) is 6.91. The quantitative estimate of drug-likeness (QED) is 0.667. The van der Waals surface area contributed by atoms with Crippen LogP contribution in [0.25, 0.3) is 6.08 Å². The van der Waals surface area contributed by atoms with E-state index in [4.69, 9.17) is 9.47 Å². The van der Waals surface area contributed by atoms with Gasteiger partial charge in [0.05, 0.1) is 26.1 Å². The van der Waals surface area contributed by atoms with Crippen LogP contribution in [0.1, 0.15) is 31.2 Å². The lowest BCUT2D eigenvalue weighted by Crippen LogP contribution is -2.35. The number of anilines is 1. The third-order valence-corrected chi connectivity index (χ3v) is 4.76. The number of amides is 2. The fourth-order valence-electron chi connectivity index (χ4n) is 3.32. The summed E-state index contributed by atoms with van der Waals surface area (Å²) < 4.78 is 12.0. The van der Waals surface area contributed by atoms with E-state index in [1.165, 1.54) is 29.8 Å². The molecule has 2 amide bonds. The van der Waals surface area contributed by atoms with Crippen LogP contribution in [0.2, 0.25) is 0 Å². The molecule has 1 aromatic heterocycles. The Bertz CT molecular complexity index is 885. The Balaban J connectivity index is 1.52. The second kappa shape index (κ2) is 9.77. The first-order valence-corrected chi connectivity index (χ1v) is 9.60. The molecule has 2 N–H and O–H groups in total. The summed E-state index contributed by atoms with van der Waals surface area (Å²) in [5, 5.41) is 9.88. The van der Waals surface area contributed by atoms with Gasteiger partial charge in [0.2, 0.25) is 11.8 Å². The molecule has 8 heteroatoms. The normalized spacial score (nSPS) is 14.1. The van der Waals surface area contributed by atoms with Crippen molar-refractivity contribution in [1.29, 1.82) is 0 Å². The molecular formula is C21H26N4O4. The van der Waals surface area contributed by atoms with Crippen molar-refractivity contribution in [2.75, 3.05) is 19.5 Å². The predicted molar refractivity (Wildman–Crippen MR) is 110 cm³/mol. The third-order valence-electron chi connectivity index (χ3n) is 4.76. The van der Waals surface area contributed by atoms with Crippen LogP contribution in [0.15, 0.2) is 36.7 Å². The molecule has 154 valence electrons. The van der Waals surface area contributed by atoms with Crippen LogP contribution in [0, 0.1) is 0 Å². The maximum atomic E-state index is 12.2. The highest BCUT2D eigenvalue weighted by Gasteiger charge is 2.17. The molecule has 3 rings (SSSR count). The molecule has 1 aliphatic rings. The summed E-state index contributed by atoms with van der Waals surface area (Å²) in [6.45, 7) is 0.133. The molecule has 0 unspecified atom stereocenters. The molecule has 8 nitrogen and oxygen atoms in total. The number of hydrogen-bond donors (Lipinski definition) is 2. The predicted octanol–water partition coefficient (Wildman–Crippen LogP) is 2.61. The van der Waals surface area contributed by atoms with Gasteiger partial charge in [0.15, 0.2) is 11.5 Å². The van der Waals surface area contributed by atoms with Crippen LogP contribution < -0.4 is 20.1 Å². The molecule has 1 aromatic carbocycles. The summed E-state index contributed by atoms with van der Waals surface area (Å²) in [5.41, 5.74) is 1.33. The van der Waals surface area contributed by atoms with Crippen molar-refractivity contribution >= 4 is 23.6 Å². The third kappa shape index (κ3) is 5.84. The zero-order valence-electron chi connectivity index (χ0n) is 16.7. The summed E-state index contributed by atoms with van der Waals surface area (Å²) in [7, 11) is 3.13. The first kappa shape index (κ1) is 20.4. The zero-order chi connectivity index (χ0) is 20.6. The Kier molecular flexibility index (Phi) is 6.89. The number of methoxy groups -OCH3 is 2. The fraction of sp³-hybridized carbons (Fsp3) is 0.381.